The first-order valence-corrected chi connectivity index (χ1v) is 8.82. The van der Waals surface area contributed by atoms with Crippen molar-refractivity contribution < 1.29 is 4.79 Å². The number of carbonyl (C=O) groups is 1. The highest BCUT2D eigenvalue weighted by Gasteiger charge is 2.28. The van der Waals surface area contributed by atoms with E-state index in [4.69, 9.17) is 11.6 Å². The molecule has 1 fully saturated rings. The monoisotopic (exact) mass is 322 g/mol. The van der Waals surface area contributed by atoms with Gasteiger partial charge in [0.05, 0.1) is 0 Å². The van der Waals surface area contributed by atoms with Gasteiger partial charge in [0.1, 0.15) is 0 Å². The molecule has 0 aromatic heterocycles. The topological polar surface area (TPSA) is 23.6 Å². The van der Waals surface area contributed by atoms with Gasteiger partial charge in [0.2, 0.25) is 5.91 Å². The Bertz CT molecular complexity index is 478. The zero-order chi connectivity index (χ0) is 15.9. The second-order valence-electron chi connectivity index (χ2n) is 6.07. The molecule has 0 N–H and O–H groups in total. The molecule has 3 nitrogen and oxygen atoms in total. The molecule has 0 radical (unpaired) electrons. The van der Waals surface area contributed by atoms with Gasteiger partial charge < -0.3 is 9.80 Å². The normalized spacial score (nSPS) is 15.9. The van der Waals surface area contributed by atoms with Gasteiger partial charge >= 0.3 is 0 Å². The Kier molecular flexibility index (Phi) is 6.56. The number of rotatable bonds is 6. The number of nitrogens with zero attached hydrogens (tertiary/aromatic N) is 2. The molecule has 0 spiro atoms. The van der Waals surface area contributed by atoms with Crippen LogP contribution in [0.5, 0.6) is 0 Å². The average Bonchev–Trinajstić information content (AvgIpc) is 2.54. The molecule has 0 saturated carbocycles. The lowest BCUT2D eigenvalue weighted by atomic mass is 9.94. The third kappa shape index (κ3) is 4.39. The molecule has 4 heteroatoms. The summed E-state index contributed by atoms with van der Waals surface area (Å²) in [4.78, 5) is 17.0. The van der Waals surface area contributed by atoms with Gasteiger partial charge in [0.15, 0.2) is 0 Å². The first-order chi connectivity index (χ1) is 10.7. The quantitative estimate of drug-likeness (QED) is 0.783. The molecular weight excluding hydrogens is 296 g/mol. The highest BCUT2D eigenvalue weighted by molar-refractivity contribution is 6.30. The van der Waals surface area contributed by atoms with E-state index in [9.17, 15) is 4.79 Å². The molecule has 1 amide bonds. The molecule has 1 heterocycles. The fraction of sp³-hybridized carbons (Fsp3) is 0.611. The summed E-state index contributed by atoms with van der Waals surface area (Å²) in [6, 6.07) is 7.98. The molecule has 0 atom stereocenters. The van der Waals surface area contributed by atoms with Gasteiger partial charge in [0.25, 0.3) is 0 Å². The van der Waals surface area contributed by atoms with Gasteiger partial charge in [-0.1, -0.05) is 31.5 Å². The number of carbonyl (C=O) groups excluding carboxylic acids is 1. The number of amides is 1. The first-order valence-electron chi connectivity index (χ1n) is 8.45. The van der Waals surface area contributed by atoms with E-state index in [1.807, 2.05) is 18.2 Å². The second-order valence-corrected chi connectivity index (χ2v) is 6.50. The summed E-state index contributed by atoms with van der Waals surface area (Å²) in [5.74, 6) is 0.544. The number of halogens is 1. The maximum Gasteiger partial charge on any atom is 0.225 e. The Morgan fingerprint density at radius 2 is 1.86 bits per heavy atom. The van der Waals surface area contributed by atoms with Crippen LogP contribution in [0.2, 0.25) is 5.02 Å². The Morgan fingerprint density at radius 1 is 1.23 bits per heavy atom. The minimum atomic E-state index is 0.188. The summed E-state index contributed by atoms with van der Waals surface area (Å²) >= 11 is 6.07. The second kappa shape index (κ2) is 8.42. The zero-order valence-corrected chi connectivity index (χ0v) is 14.5. The summed E-state index contributed by atoms with van der Waals surface area (Å²) in [6.07, 6.45) is 3.95. The summed E-state index contributed by atoms with van der Waals surface area (Å²) < 4.78 is 0. The van der Waals surface area contributed by atoms with Crippen molar-refractivity contribution in [1.82, 2.24) is 4.90 Å². The van der Waals surface area contributed by atoms with Crippen LogP contribution in [0.25, 0.3) is 0 Å². The first kappa shape index (κ1) is 17.1. The lowest BCUT2D eigenvalue weighted by Gasteiger charge is -2.35. The molecule has 2 rings (SSSR count). The van der Waals surface area contributed by atoms with Gasteiger partial charge in [-0.15, -0.1) is 0 Å². The van der Waals surface area contributed by atoms with Gasteiger partial charge in [-0.25, -0.2) is 0 Å². The van der Waals surface area contributed by atoms with Crippen molar-refractivity contribution in [3.8, 4) is 0 Å². The molecule has 1 saturated heterocycles. The zero-order valence-electron chi connectivity index (χ0n) is 13.7. The van der Waals surface area contributed by atoms with Crippen LogP contribution >= 0.6 is 11.6 Å². The van der Waals surface area contributed by atoms with Crippen LogP contribution in [-0.4, -0.2) is 37.0 Å². The molecule has 1 aromatic carbocycles. The number of anilines is 1. The van der Waals surface area contributed by atoms with Crippen LogP contribution in [0.3, 0.4) is 0 Å². The van der Waals surface area contributed by atoms with E-state index in [0.29, 0.717) is 5.91 Å². The van der Waals surface area contributed by atoms with Gasteiger partial charge in [-0.3, -0.25) is 4.79 Å². The van der Waals surface area contributed by atoms with Crippen molar-refractivity contribution in [3.05, 3.63) is 29.3 Å². The molecule has 1 aromatic rings. The molecule has 0 unspecified atom stereocenters. The summed E-state index contributed by atoms with van der Waals surface area (Å²) in [5.41, 5.74) is 1.16. The van der Waals surface area contributed by atoms with Gasteiger partial charge in [-0.05, 0) is 43.9 Å². The van der Waals surface area contributed by atoms with Gasteiger partial charge in [0, 0.05) is 42.8 Å². The minimum absolute atomic E-state index is 0.188. The Labute approximate surface area is 139 Å². The van der Waals surface area contributed by atoms with E-state index in [1.165, 1.54) is 0 Å². The minimum Gasteiger partial charge on any atom is -0.371 e. The van der Waals surface area contributed by atoms with Crippen molar-refractivity contribution in [1.29, 1.82) is 0 Å². The Hall–Kier alpha value is -1.22. The predicted molar refractivity (Wildman–Crippen MR) is 93.6 cm³/mol. The van der Waals surface area contributed by atoms with E-state index in [2.05, 4.69) is 29.7 Å². The average molecular weight is 323 g/mol. The lowest BCUT2D eigenvalue weighted by Crippen LogP contribution is -2.43. The van der Waals surface area contributed by atoms with Crippen LogP contribution in [0.15, 0.2) is 24.3 Å². The van der Waals surface area contributed by atoms with E-state index in [-0.39, 0.29) is 5.92 Å². The number of hydrogen-bond acceptors (Lipinski definition) is 2. The molecule has 0 aliphatic carbocycles. The highest BCUT2D eigenvalue weighted by Crippen LogP contribution is 2.26. The summed E-state index contributed by atoms with van der Waals surface area (Å²) in [6.45, 7) is 7.92. The highest BCUT2D eigenvalue weighted by atomic mass is 35.5. The maximum absolute atomic E-state index is 12.7. The van der Waals surface area contributed by atoms with Crippen LogP contribution in [0.4, 0.5) is 5.69 Å². The van der Waals surface area contributed by atoms with E-state index >= 15 is 0 Å². The third-order valence-electron chi connectivity index (χ3n) is 4.32. The molecular formula is C18H27ClN2O. The predicted octanol–water partition coefficient (Wildman–Crippen LogP) is 4.21. The number of hydrogen-bond donors (Lipinski definition) is 0. The third-order valence-corrected chi connectivity index (χ3v) is 4.55. The molecule has 1 aliphatic heterocycles. The molecule has 22 heavy (non-hydrogen) atoms. The van der Waals surface area contributed by atoms with E-state index < -0.39 is 0 Å². The summed E-state index contributed by atoms with van der Waals surface area (Å²) in [7, 11) is 0. The lowest BCUT2D eigenvalue weighted by molar-refractivity contribution is -0.136. The van der Waals surface area contributed by atoms with Crippen LogP contribution in [0, 0.1) is 5.92 Å². The van der Waals surface area contributed by atoms with E-state index in [0.717, 1.165) is 62.6 Å². The van der Waals surface area contributed by atoms with Crippen LogP contribution in [0.1, 0.15) is 39.5 Å². The van der Waals surface area contributed by atoms with Crippen molar-refractivity contribution in [2.24, 2.45) is 5.92 Å². The van der Waals surface area contributed by atoms with Gasteiger partial charge in [-0.2, -0.15) is 0 Å². The van der Waals surface area contributed by atoms with Crippen molar-refractivity contribution >= 4 is 23.2 Å². The fourth-order valence-corrected chi connectivity index (χ4v) is 3.37. The molecule has 122 valence electrons. The molecule has 0 bridgehead atoms. The standard InChI is InChI=1S/C18H27ClN2O/c1-3-10-21(11-4-2)18(22)15-8-12-20(13-9-15)17-7-5-6-16(19)14-17/h5-7,14-15H,3-4,8-13H2,1-2H3. The van der Waals surface area contributed by atoms with Crippen molar-refractivity contribution in [2.45, 2.75) is 39.5 Å². The van der Waals surface area contributed by atoms with Crippen molar-refractivity contribution in [3.63, 3.8) is 0 Å². The number of piperidine rings is 1. The largest absolute Gasteiger partial charge is 0.371 e. The summed E-state index contributed by atoms with van der Waals surface area (Å²) in [5, 5.41) is 0.771. The number of benzene rings is 1. The Morgan fingerprint density at radius 3 is 2.41 bits per heavy atom. The van der Waals surface area contributed by atoms with E-state index in [1.54, 1.807) is 0 Å². The Balaban J connectivity index is 1.92. The maximum atomic E-state index is 12.7. The van der Waals surface area contributed by atoms with Crippen LogP contribution in [-0.2, 0) is 4.79 Å². The smallest absolute Gasteiger partial charge is 0.225 e. The fourth-order valence-electron chi connectivity index (χ4n) is 3.19. The SMILES string of the molecule is CCCN(CCC)C(=O)C1CCN(c2cccc(Cl)c2)CC1. The van der Waals surface area contributed by atoms with Crippen molar-refractivity contribution in [2.75, 3.05) is 31.1 Å². The molecule has 1 aliphatic rings. The van der Waals surface area contributed by atoms with Crippen LogP contribution < -0.4 is 4.90 Å².